The fraction of sp³-hybridized carbons (Fsp3) is 0.190. The molecular weight excluding hydrogens is 398 g/mol. The number of halogens is 1. The van der Waals surface area contributed by atoms with E-state index in [2.05, 4.69) is 0 Å². The number of carboxylic acid groups (broad SMARTS) is 1. The molecule has 0 aromatic heterocycles. The van der Waals surface area contributed by atoms with Gasteiger partial charge in [0.1, 0.15) is 11.5 Å². The SMILES string of the molecule is COc1ccccc1[C@H]1C(=C(O)c2ccc(Cl)cc2)C(=O)C(=O)N1CCC(=O)O. The van der Waals surface area contributed by atoms with Gasteiger partial charge in [-0.3, -0.25) is 14.4 Å². The minimum absolute atomic E-state index is 0.132. The first-order chi connectivity index (χ1) is 13.8. The van der Waals surface area contributed by atoms with E-state index >= 15 is 0 Å². The summed E-state index contributed by atoms with van der Waals surface area (Å²) in [5, 5.41) is 20.4. The summed E-state index contributed by atoms with van der Waals surface area (Å²) in [5.74, 6) is -2.84. The molecule has 0 radical (unpaired) electrons. The van der Waals surface area contributed by atoms with Crippen molar-refractivity contribution in [2.75, 3.05) is 13.7 Å². The van der Waals surface area contributed by atoms with Crippen LogP contribution in [0.1, 0.15) is 23.6 Å². The highest BCUT2D eigenvalue weighted by Gasteiger charge is 2.47. The molecule has 1 atom stereocenters. The molecule has 0 saturated carbocycles. The summed E-state index contributed by atoms with van der Waals surface area (Å²) in [5.41, 5.74) is 0.646. The first-order valence-electron chi connectivity index (χ1n) is 8.74. The van der Waals surface area contributed by atoms with Crippen LogP contribution < -0.4 is 4.74 Å². The number of carboxylic acids is 1. The van der Waals surface area contributed by atoms with Gasteiger partial charge in [-0.2, -0.15) is 0 Å². The summed E-state index contributed by atoms with van der Waals surface area (Å²) >= 11 is 5.89. The Balaban J connectivity index is 2.20. The van der Waals surface area contributed by atoms with E-state index in [0.29, 0.717) is 21.9 Å². The molecule has 1 fully saturated rings. The molecule has 0 unspecified atom stereocenters. The summed E-state index contributed by atoms with van der Waals surface area (Å²) in [6.45, 7) is -0.194. The van der Waals surface area contributed by atoms with Crippen molar-refractivity contribution in [2.45, 2.75) is 12.5 Å². The number of rotatable bonds is 6. The number of aliphatic hydroxyl groups excluding tert-OH is 1. The average Bonchev–Trinajstić information content (AvgIpc) is 2.96. The van der Waals surface area contributed by atoms with E-state index in [1.165, 1.54) is 19.2 Å². The van der Waals surface area contributed by atoms with Crippen molar-refractivity contribution in [2.24, 2.45) is 0 Å². The number of hydrogen-bond acceptors (Lipinski definition) is 5. The number of carbonyl (C=O) groups excluding carboxylic acids is 2. The van der Waals surface area contributed by atoms with Gasteiger partial charge in [0.15, 0.2) is 0 Å². The van der Waals surface area contributed by atoms with E-state index in [4.69, 9.17) is 21.4 Å². The number of Topliss-reactive ketones (excluding diaryl/α,β-unsaturated/α-hetero) is 1. The van der Waals surface area contributed by atoms with Gasteiger partial charge in [-0.15, -0.1) is 0 Å². The van der Waals surface area contributed by atoms with Gasteiger partial charge < -0.3 is 19.8 Å². The molecule has 2 aromatic carbocycles. The van der Waals surface area contributed by atoms with Crippen molar-refractivity contribution in [1.82, 2.24) is 4.90 Å². The molecule has 0 spiro atoms. The fourth-order valence-corrected chi connectivity index (χ4v) is 3.43. The minimum atomic E-state index is -1.11. The van der Waals surface area contributed by atoms with E-state index in [-0.39, 0.29) is 24.3 Å². The third-order valence-corrected chi connectivity index (χ3v) is 4.91. The maximum Gasteiger partial charge on any atom is 0.305 e. The lowest BCUT2D eigenvalue weighted by molar-refractivity contribution is -0.142. The van der Waals surface area contributed by atoms with E-state index in [1.807, 2.05) is 0 Å². The number of amides is 1. The maximum atomic E-state index is 12.8. The lowest BCUT2D eigenvalue weighted by Gasteiger charge is -2.26. The number of aliphatic hydroxyl groups is 1. The molecule has 2 aromatic rings. The quantitative estimate of drug-likeness (QED) is 0.426. The number of hydrogen-bond donors (Lipinski definition) is 2. The first-order valence-corrected chi connectivity index (χ1v) is 9.12. The van der Waals surface area contributed by atoms with Gasteiger partial charge in [0.25, 0.3) is 11.7 Å². The van der Waals surface area contributed by atoms with Crippen molar-refractivity contribution in [3.8, 4) is 5.75 Å². The Kier molecular flexibility index (Phi) is 5.89. The summed E-state index contributed by atoms with van der Waals surface area (Å²) in [7, 11) is 1.45. The number of methoxy groups -OCH3 is 1. The van der Waals surface area contributed by atoms with Gasteiger partial charge in [0.2, 0.25) is 0 Å². The number of carbonyl (C=O) groups is 3. The largest absolute Gasteiger partial charge is 0.507 e. The van der Waals surface area contributed by atoms with Crippen molar-refractivity contribution < 1.29 is 29.3 Å². The molecule has 1 aliphatic heterocycles. The van der Waals surface area contributed by atoms with E-state index in [0.717, 1.165) is 4.90 Å². The van der Waals surface area contributed by atoms with Gasteiger partial charge in [-0.25, -0.2) is 0 Å². The van der Waals surface area contributed by atoms with Crippen LogP contribution in [0.15, 0.2) is 54.1 Å². The minimum Gasteiger partial charge on any atom is -0.507 e. The van der Waals surface area contributed by atoms with E-state index < -0.39 is 23.7 Å². The Morgan fingerprint density at radius 2 is 1.76 bits per heavy atom. The number of nitrogens with zero attached hydrogens (tertiary/aromatic N) is 1. The predicted molar refractivity (Wildman–Crippen MR) is 106 cm³/mol. The normalized spacial score (nSPS) is 18.1. The molecule has 3 rings (SSSR count). The zero-order valence-electron chi connectivity index (χ0n) is 15.5. The van der Waals surface area contributed by atoms with Crippen LogP contribution in [0.25, 0.3) is 5.76 Å². The van der Waals surface area contributed by atoms with Gasteiger partial charge in [-0.1, -0.05) is 29.8 Å². The molecule has 1 amide bonds. The number of likely N-dealkylation sites (tertiary alicyclic amines) is 1. The zero-order valence-corrected chi connectivity index (χ0v) is 16.2. The molecule has 1 heterocycles. The van der Waals surface area contributed by atoms with E-state index in [1.54, 1.807) is 36.4 Å². The molecule has 150 valence electrons. The van der Waals surface area contributed by atoms with Crippen molar-refractivity contribution >= 4 is 35.0 Å². The second kappa shape index (κ2) is 8.36. The van der Waals surface area contributed by atoms with Crippen LogP contribution in [0.4, 0.5) is 0 Å². The first kappa shape index (κ1) is 20.4. The molecule has 7 nitrogen and oxygen atoms in total. The lowest BCUT2D eigenvalue weighted by Crippen LogP contribution is -2.32. The molecule has 2 N–H and O–H groups in total. The number of benzene rings is 2. The fourth-order valence-electron chi connectivity index (χ4n) is 3.31. The second-order valence-corrected chi connectivity index (χ2v) is 6.82. The Morgan fingerprint density at radius 1 is 1.10 bits per heavy atom. The Bertz CT molecular complexity index is 998. The molecule has 0 aliphatic carbocycles. The van der Waals surface area contributed by atoms with Gasteiger partial charge >= 0.3 is 5.97 Å². The number of ketones is 1. The second-order valence-electron chi connectivity index (χ2n) is 6.39. The van der Waals surface area contributed by atoms with Crippen molar-refractivity contribution in [3.05, 3.63) is 70.3 Å². The van der Waals surface area contributed by atoms with Crippen LogP contribution in [-0.2, 0) is 14.4 Å². The monoisotopic (exact) mass is 415 g/mol. The molecular formula is C21H18ClNO6. The van der Waals surface area contributed by atoms with Crippen LogP contribution in [0, 0.1) is 0 Å². The highest BCUT2D eigenvalue weighted by atomic mass is 35.5. The summed E-state index contributed by atoms with van der Waals surface area (Å²) in [6, 6.07) is 11.9. The molecule has 29 heavy (non-hydrogen) atoms. The van der Waals surface area contributed by atoms with Crippen LogP contribution in [0.5, 0.6) is 5.75 Å². The molecule has 1 aliphatic rings. The van der Waals surface area contributed by atoms with Gasteiger partial charge in [-0.05, 0) is 30.3 Å². The predicted octanol–water partition coefficient (Wildman–Crippen LogP) is 3.25. The molecule has 8 heteroatoms. The smallest absolute Gasteiger partial charge is 0.305 e. The Morgan fingerprint density at radius 3 is 2.38 bits per heavy atom. The number of aliphatic carboxylic acids is 1. The average molecular weight is 416 g/mol. The van der Waals surface area contributed by atoms with Crippen molar-refractivity contribution in [1.29, 1.82) is 0 Å². The molecule has 0 bridgehead atoms. The van der Waals surface area contributed by atoms with Gasteiger partial charge in [0, 0.05) is 22.7 Å². The highest BCUT2D eigenvalue weighted by molar-refractivity contribution is 6.46. The van der Waals surface area contributed by atoms with Crippen LogP contribution in [0.3, 0.4) is 0 Å². The standard InChI is InChI=1S/C21H18ClNO6/c1-29-15-5-3-2-4-14(15)18-17(19(26)12-6-8-13(22)9-7-12)20(27)21(28)23(18)11-10-16(24)25/h2-9,18,26H,10-11H2,1H3,(H,24,25)/t18-/m0/s1. The summed E-state index contributed by atoms with van der Waals surface area (Å²) in [6.07, 6.45) is -0.348. The highest BCUT2D eigenvalue weighted by Crippen LogP contribution is 2.42. The topological polar surface area (TPSA) is 104 Å². The van der Waals surface area contributed by atoms with Crippen LogP contribution in [-0.4, -0.2) is 46.4 Å². The lowest BCUT2D eigenvalue weighted by atomic mass is 9.94. The van der Waals surface area contributed by atoms with Gasteiger partial charge in [0.05, 0.1) is 25.1 Å². The van der Waals surface area contributed by atoms with Crippen LogP contribution in [0.2, 0.25) is 5.02 Å². The zero-order chi connectivity index (χ0) is 21.1. The maximum absolute atomic E-state index is 12.8. The Labute approximate surface area is 171 Å². The summed E-state index contributed by atoms with van der Waals surface area (Å²) < 4.78 is 5.36. The third kappa shape index (κ3) is 3.95. The van der Waals surface area contributed by atoms with E-state index in [9.17, 15) is 19.5 Å². The number of para-hydroxylation sites is 1. The molecule has 1 saturated heterocycles. The van der Waals surface area contributed by atoms with Crippen molar-refractivity contribution in [3.63, 3.8) is 0 Å². The summed E-state index contributed by atoms with van der Waals surface area (Å²) in [4.78, 5) is 37.7. The van der Waals surface area contributed by atoms with Crippen LogP contribution >= 0.6 is 11.6 Å². The third-order valence-electron chi connectivity index (χ3n) is 4.66. The Hall–Kier alpha value is -3.32. The number of ether oxygens (including phenoxy) is 1.